The maximum atomic E-state index is 3.70. The molecule has 0 saturated carbocycles. The molecule has 2 rings (SSSR count). The maximum absolute atomic E-state index is 3.70. The van der Waals surface area contributed by atoms with Crippen molar-refractivity contribution in [2.24, 2.45) is 5.92 Å². The monoisotopic (exact) mass is 280 g/mol. The topological polar surface area (TPSA) is 15.3 Å². The first-order chi connectivity index (χ1) is 9.20. The molecule has 0 spiro atoms. The Morgan fingerprint density at radius 1 is 1.53 bits per heavy atom. The molecule has 0 aromatic carbocycles. The number of thiophene rings is 1. The van der Waals surface area contributed by atoms with E-state index >= 15 is 0 Å². The third-order valence-corrected chi connectivity index (χ3v) is 5.06. The van der Waals surface area contributed by atoms with E-state index in [9.17, 15) is 0 Å². The molecule has 3 atom stereocenters. The van der Waals surface area contributed by atoms with Crippen LogP contribution in [0.1, 0.15) is 39.2 Å². The summed E-state index contributed by atoms with van der Waals surface area (Å²) < 4.78 is 0. The van der Waals surface area contributed by atoms with Gasteiger partial charge in [0.2, 0.25) is 0 Å². The van der Waals surface area contributed by atoms with Crippen molar-refractivity contribution < 1.29 is 0 Å². The van der Waals surface area contributed by atoms with Crippen molar-refractivity contribution in [3.8, 4) is 0 Å². The second kappa shape index (κ2) is 7.41. The summed E-state index contributed by atoms with van der Waals surface area (Å²) in [6.45, 7) is 10.7. The number of nitrogens with one attached hydrogen (secondary N) is 1. The molecular weight excluding hydrogens is 252 g/mol. The molecule has 1 aromatic heterocycles. The second-order valence-corrected chi connectivity index (χ2v) is 6.79. The van der Waals surface area contributed by atoms with Gasteiger partial charge in [0.25, 0.3) is 0 Å². The molecule has 0 bridgehead atoms. The first-order valence-corrected chi connectivity index (χ1v) is 8.63. The summed E-state index contributed by atoms with van der Waals surface area (Å²) >= 11 is 1.81. The van der Waals surface area contributed by atoms with Crippen LogP contribution >= 0.6 is 11.3 Å². The molecule has 0 aliphatic carbocycles. The maximum Gasteiger partial charge on any atom is 0.0117 e. The molecule has 1 aliphatic heterocycles. The van der Waals surface area contributed by atoms with Crippen LogP contribution < -0.4 is 5.32 Å². The Labute approximate surface area is 122 Å². The highest BCUT2D eigenvalue weighted by atomic mass is 32.1. The third-order valence-electron chi connectivity index (χ3n) is 4.33. The van der Waals surface area contributed by atoms with Crippen LogP contribution in [0.25, 0.3) is 0 Å². The van der Waals surface area contributed by atoms with Crippen molar-refractivity contribution in [2.45, 2.75) is 52.1 Å². The minimum atomic E-state index is 0.671. The average molecular weight is 280 g/mol. The number of nitrogens with zero attached hydrogens (tertiary/aromatic N) is 1. The Hall–Kier alpha value is -0.380. The van der Waals surface area contributed by atoms with Crippen molar-refractivity contribution in [3.05, 3.63) is 22.4 Å². The smallest absolute Gasteiger partial charge is 0.0117 e. The molecule has 3 unspecified atom stereocenters. The molecule has 0 radical (unpaired) electrons. The number of hydrogen-bond acceptors (Lipinski definition) is 3. The molecule has 108 valence electrons. The summed E-state index contributed by atoms with van der Waals surface area (Å²) in [5.41, 5.74) is 1.50. The van der Waals surface area contributed by atoms with Gasteiger partial charge < -0.3 is 5.32 Å². The van der Waals surface area contributed by atoms with Gasteiger partial charge in [0, 0.05) is 18.6 Å². The predicted molar refractivity (Wildman–Crippen MR) is 84.9 cm³/mol. The summed E-state index contributed by atoms with van der Waals surface area (Å²) in [5.74, 6) is 0.769. The fraction of sp³-hybridized carbons (Fsp3) is 0.750. The average Bonchev–Trinajstić information content (AvgIpc) is 2.90. The fourth-order valence-corrected chi connectivity index (χ4v) is 3.77. The van der Waals surface area contributed by atoms with E-state index in [-0.39, 0.29) is 0 Å². The molecule has 19 heavy (non-hydrogen) atoms. The van der Waals surface area contributed by atoms with Gasteiger partial charge in [0.1, 0.15) is 0 Å². The Bertz CT molecular complexity index is 350. The molecule has 1 aromatic rings. The zero-order chi connectivity index (χ0) is 13.7. The van der Waals surface area contributed by atoms with E-state index in [4.69, 9.17) is 0 Å². The van der Waals surface area contributed by atoms with E-state index in [1.807, 2.05) is 11.3 Å². The van der Waals surface area contributed by atoms with E-state index in [0.29, 0.717) is 6.04 Å². The van der Waals surface area contributed by atoms with E-state index in [1.165, 1.54) is 44.5 Å². The third kappa shape index (κ3) is 4.30. The van der Waals surface area contributed by atoms with Gasteiger partial charge in [-0.25, -0.2) is 0 Å². The van der Waals surface area contributed by atoms with Crippen LogP contribution in [0.2, 0.25) is 0 Å². The lowest BCUT2D eigenvalue weighted by molar-refractivity contribution is 0.111. The van der Waals surface area contributed by atoms with Crippen molar-refractivity contribution in [3.63, 3.8) is 0 Å². The lowest BCUT2D eigenvalue weighted by Crippen LogP contribution is -2.51. The van der Waals surface area contributed by atoms with Crippen LogP contribution in [0.15, 0.2) is 16.8 Å². The zero-order valence-electron chi connectivity index (χ0n) is 12.6. The van der Waals surface area contributed by atoms with Crippen LogP contribution in [0.3, 0.4) is 0 Å². The standard InChI is InChI=1S/C16H28N2S/c1-4-7-17-16-5-8-18(11-13(16)2)14(3)10-15-6-9-19-12-15/h6,9,12-14,16-17H,4-5,7-8,10-11H2,1-3H3. The van der Waals surface area contributed by atoms with Crippen molar-refractivity contribution in [1.82, 2.24) is 10.2 Å². The molecule has 2 nitrogen and oxygen atoms in total. The highest BCUT2D eigenvalue weighted by Crippen LogP contribution is 2.21. The summed E-state index contributed by atoms with van der Waals surface area (Å²) in [4.78, 5) is 2.67. The second-order valence-electron chi connectivity index (χ2n) is 6.01. The highest BCUT2D eigenvalue weighted by molar-refractivity contribution is 7.07. The lowest BCUT2D eigenvalue weighted by Gasteiger charge is -2.40. The SMILES string of the molecule is CCCNC1CCN(C(C)Cc2ccsc2)CC1C. The van der Waals surface area contributed by atoms with E-state index in [0.717, 1.165) is 12.0 Å². The minimum absolute atomic E-state index is 0.671. The van der Waals surface area contributed by atoms with Gasteiger partial charge in [-0.3, -0.25) is 4.90 Å². The highest BCUT2D eigenvalue weighted by Gasteiger charge is 2.27. The van der Waals surface area contributed by atoms with Gasteiger partial charge in [0.05, 0.1) is 0 Å². The summed E-state index contributed by atoms with van der Waals surface area (Å²) in [7, 11) is 0. The lowest BCUT2D eigenvalue weighted by atomic mass is 9.92. The van der Waals surface area contributed by atoms with Crippen LogP contribution in [0, 0.1) is 5.92 Å². The molecule has 1 saturated heterocycles. The fourth-order valence-electron chi connectivity index (χ4n) is 3.09. The van der Waals surface area contributed by atoms with Gasteiger partial charge in [-0.1, -0.05) is 13.8 Å². The molecule has 3 heteroatoms. The number of rotatable bonds is 6. The van der Waals surface area contributed by atoms with Crippen molar-refractivity contribution in [2.75, 3.05) is 19.6 Å². The zero-order valence-corrected chi connectivity index (χ0v) is 13.4. The van der Waals surface area contributed by atoms with E-state index in [1.54, 1.807) is 0 Å². The van der Waals surface area contributed by atoms with Gasteiger partial charge in [-0.2, -0.15) is 11.3 Å². The van der Waals surface area contributed by atoms with Gasteiger partial charge in [-0.05, 0) is 67.6 Å². The van der Waals surface area contributed by atoms with E-state index in [2.05, 4.69) is 47.8 Å². The largest absolute Gasteiger partial charge is 0.314 e. The molecule has 1 fully saturated rings. The Morgan fingerprint density at radius 2 is 2.37 bits per heavy atom. The quantitative estimate of drug-likeness (QED) is 0.859. The molecular formula is C16H28N2S. The Morgan fingerprint density at radius 3 is 3.00 bits per heavy atom. The van der Waals surface area contributed by atoms with Crippen molar-refractivity contribution in [1.29, 1.82) is 0 Å². The minimum Gasteiger partial charge on any atom is -0.314 e. The molecule has 0 amide bonds. The number of hydrogen-bond donors (Lipinski definition) is 1. The van der Waals surface area contributed by atoms with E-state index < -0.39 is 0 Å². The molecule has 2 heterocycles. The van der Waals surface area contributed by atoms with Gasteiger partial charge in [0.15, 0.2) is 0 Å². The van der Waals surface area contributed by atoms with Gasteiger partial charge in [-0.15, -0.1) is 0 Å². The number of piperidine rings is 1. The van der Waals surface area contributed by atoms with Gasteiger partial charge >= 0.3 is 0 Å². The van der Waals surface area contributed by atoms with Crippen LogP contribution in [0.4, 0.5) is 0 Å². The van der Waals surface area contributed by atoms with Crippen LogP contribution in [-0.4, -0.2) is 36.6 Å². The normalized spacial score (nSPS) is 26.5. The van der Waals surface area contributed by atoms with Crippen LogP contribution in [-0.2, 0) is 6.42 Å². The van der Waals surface area contributed by atoms with Crippen molar-refractivity contribution >= 4 is 11.3 Å². The first kappa shape index (κ1) is 15.0. The predicted octanol–water partition coefficient (Wildman–Crippen LogP) is 3.39. The summed E-state index contributed by atoms with van der Waals surface area (Å²) in [6.07, 6.45) is 3.74. The Balaban J connectivity index is 1.80. The van der Waals surface area contributed by atoms with Crippen LogP contribution in [0.5, 0.6) is 0 Å². The summed E-state index contributed by atoms with van der Waals surface area (Å²) in [5, 5.41) is 8.17. The molecule has 1 N–H and O–H groups in total. The Kier molecular flexibility index (Phi) is 5.86. The summed E-state index contributed by atoms with van der Waals surface area (Å²) in [6, 6.07) is 3.66. The first-order valence-electron chi connectivity index (χ1n) is 7.69. The number of likely N-dealkylation sites (tertiary alicyclic amines) is 1. The molecule has 1 aliphatic rings.